The van der Waals surface area contributed by atoms with Gasteiger partial charge in [0.15, 0.2) is 11.5 Å². The minimum atomic E-state index is -0.238. The van der Waals surface area contributed by atoms with Crippen LogP contribution in [0.15, 0.2) is 42.5 Å². The summed E-state index contributed by atoms with van der Waals surface area (Å²) in [7, 11) is 1.56. The van der Waals surface area contributed by atoms with Crippen LogP contribution in [0.25, 0.3) is 0 Å². The number of methoxy groups -OCH3 is 1. The Hall–Kier alpha value is -3.22. The maximum Gasteiger partial charge on any atom is 0.254 e. The van der Waals surface area contributed by atoms with E-state index in [-0.39, 0.29) is 24.5 Å². The molecule has 0 spiro atoms. The molecule has 2 aromatic rings. The second-order valence-electron chi connectivity index (χ2n) is 6.16. The number of nitrogens with one attached hydrogen (secondary N) is 1. The van der Waals surface area contributed by atoms with Crippen LogP contribution in [-0.2, 0) is 4.79 Å². The molecule has 2 aromatic carbocycles. The number of para-hydroxylation sites is 2. The summed E-state index contributed by atoms with van der Waals surface area (Å²) in [5.41, 5.74) is 1.15. The third kappa shape index (κ3) is 2.92. The molecule has 26 heavy (non-hydrogen) atoms. The Bertz CT molecular complexity index is 861. The third-order valence-corrected chi connectivity index (χ3v) is 4.52. The normalized spacial score (nSPS) is 15.3. The largest absolute Gasteiger partial charge is 0.495 e. The van der Waals surface area contributed by atoms with Crippen LogP contribution in [-0.4, -0.2) is 43.7 Å². The number of benzene rings is 2. The monoisotopic (exact) mass is 354 g/mol. The van der Waals surface area contributed by atoms with Crippen molar-refractivity contribution >= 4 is 17.5 Å². The number of hydrogen-bond acceptors (Lipinski definition) is 5. The second-order valence-corrected chi connectivity index (χ2v) is 6.16. The van der Waals surface area contributed by atoms with Gasteiger partial charge < -0.3 is 24.4 Å². The van der Waals surface area contributed by atoms with E-state index in [2.05, 4.69) is 5.32 Å². The summed E-state index contributed by atoms with van der Waals surface area (Å²) in [6, 6.07) is 12.3. The Morgan fingerprint density at radius 2 is 1.88 bits per heavy atom. The molecule has 4 rings (SSSR count). The zero-order chi connectivity index (χ0) is 18.1. The van der Waals surface area contributed by atoms with Crippen molar-refractivity contribution in [3.63, 3.8) is 0 Å². The van der Waals surface area contributed by atoms with Gasteiger partial charge in [-0.2, -0.15) is 0 Å². The van der Waals surface area contributed by atoms with Crippen LogP contribution in [0.3, 0.4) is 0 Å². The standard InChI is InChI=1S/C19H18N2O5/c1-24-15-5-3-2-4-14(15)20-18(22)13-9-21(10-13)19(23)12-6-7-16-17(8-12)26-11-25-16/h2-8,13H,9-11H2,1H3,(H,20,22). The average molecular weight is 354 g/mol. The second kappa shape index (κ2) is 6.59. The van der Waals surface area contributed by atoms with E-state index >= 15 is 0 Å². The summed E-state index contributed by atoms with van der Waals surface area (Å²) < 4.78 is 15.8. The fraction of sp³-hybridized carbons (Fsp3) is 0.263. The number of anilines is 1. The predicted octanol–water partition coefficient (Wildman–Crippen LogP) is 2.13. The molecule has 0 aromatic heterocycles. The first-order valence-electron chi connectivity index (χ1n) is 8.28. The summed E-state index contributed by atoms with van der Waals surface area (Å²) in [6.45, 7) is 0.935. The maximum atomic E-state index is 12.5. The van der Waals surface area contributed by atoms with E-state index in [9.17, 15) is 9.59 Å². The van der Waals surface area contributed by atoms with Crippen LogP contribution >= 0.6 is 0 Å². The van der Waals surface area contributed by atoms with Crippen LogP contribution < -0.4 is 19.5 Å². The lowest BCUT2D eigenvalue weighted by atomic mass is 9.97. The highest BCUT2D eigenvalue weighted by molar-refractivity contribution is 5.99. The number of fused-ring (bicyclic) bond motifs is 1. The van der Waals surface area contributed by atoms with Gasteiger partial charge in [0.25, 0.3) is 5.91 Å². The Morgan fingerprint density at radius 3 is 2.69 bits per heavy atom. The first kappa shape index (κ1) is 16.3. The van der Waals surface area contributed by atoms with Crippen molar-refractivity contribution in [3.05, 3.63) is 48.0 Å². The molecule has 7 nitrogen and oxygen atoms in total. The lowest BCUT2D eigenvalue weighted by Crippen LogP contribution is -2.54. The maximum absolute atomic E-state index is 12.5. The zero-order valence-electron chi connectivity index (χ0n) is 14.2. The molecule has 2 amide bonds. The number of likely N-dealkylation sites (tertiary alicyclic amines) is 1. The van der Waals surface area contributed by atoms with Crippen molar-refractivity contribution in [2.75, 3.05) is 32.3 Å². The van der Waals surface area contributed by atoms with Gasteiger partial charge in [0.1, 0.15) is 5.75 Å². The van der Waals surface area contributed by atoms with E-state index in [1.807, 2.05) is 12.1 Å². The first-order valence-corrected chi connectivity index (χ1v) is 8.28. The van der Waals surface area contributed by atoms with Gasteiger partial charge in [-0.25, -0.2) is 0 Å². The topological polar surface area (TPSA) is 77.1 Å². The predicted molar refractivity (Wildman–Crippen MR) is 93.6 cm³/mol. The fourth-order valence-corrected chi connectivity index (χ4v) is 3.01. The van der Waals surface area contributed by atoms with Crippen molar-refractivity contribution in [1.82, 2.24) is 4.90 Å². The number of hydrogen-bond donors (Lipinski definition) is 1. The highest BCUT2D eigenvalue weighted by Gasteiger charge is 2.36. The molecular weight excluding hydrogens is 336 g/mol. The Labute approximate surface area is 150 Å². The number of carbonyl (C=O) groups is 2. The van der Waals surface area contributed by atoms with Gasteiger partial charge in [-0.3, -0.25) is 9.59 Å². The van der Waals surface area contributed by atoms with Crippen LogP contribution in [0.2, 0.25) is 0 Å². The van der Waals surface area contributed by atoms with Crippen molar-refractivity contribution in [3.8, 4) is 17.2 Å². The Balaban J connectivity index is 1.36. The minimum absolute atomic E-state index is 0.121. The molecule has 0 atom stereocenters. The molecular formula is C19H18N2O5. The van der Waals surface area contributed by atoms with Crippen molar-refractivity contribution in [2.45, 2.75) is 0 Å². The number of ether oxygens (including phenoxy) is 3. The van der Waals surface area contributed by atoms with Gasteiger partial charge in [-0.15, -0.1) is 0 Å². The highest BCUT2D eigenvalue weighted by atomic mass is 16.7. The summed E-state index contributed by atoms with van der Waals surface area (Å²) >= 11 is 0. The van der Waals surface area contributed by atoms with Crippen LogP contribution in [0.1, 0.15) is 10.4 Å². The minimum Gasteiger partial charge on any atom is -0.495 e. The lowest BCUT2D eigenvalue weighted by molar-refractivity contribution is -0.123. The quantitative estimate of drug-likeness (QED) is 0.910. The number of amides is 2. The average Bonchev–Trinajstić information content (AvgIpc) is 3.08. The van der Waals surface area contributed by atoms with Crippen LogP contribution in [0, 0.1) is 5.92 Å². The zero-order valence-corrected chi connectivity index (χ0v) is 14.2. The van der Waals surface area contributed by atoms with Crippen molar-refractivity contribution < 1.29 is 23.8 Å². The Kier molecular flexibility index (Phi) is 4.12. The Morgan fingerprint density at radius 1 is 1.12 bits per heavy atom. The molecule has 0 bridgehead atoms. The first-order chi connectivity index (χ1) is 12.7. The molecule has 7 heteroatoms. The molecule has 1 saturated heterocycles. The summed E-state index contributed by atoms with van der Waals surface area (Å²) in [5, 5.41) is 2.86. The van der Waals surface area contributed by atoms with E-state index < -0.39 is 0 Å². The van der Waals surface area contributed by atoms with E-state index in [1.54, 1.807) is 42.3 Å². The molecule has 2 aliphatic rings. The van der Waals surface area contributed by atoms with Crippen LogP contribution in [0.4, 0.5) is 5.69 Å². The summed E-state index contributed by atoms with van der Waals surface area (Å²) in [4.78, 5) is 26.6. The van der Waals surface area contributed by atoms with Gasteiger partial charge in [-0.05, 0) is 30.3 Å². The molecule has 0 radical (unpaired) electrons. The molecule has 1 fully saturated rings. The third-order valence-electron chi connectivity index (χ3n) is 4.52. The number of rotatable bonds is 4. The molecule has 0 aliphatic carbocycles. The van der Waals surface area contributed by atoms with Gasteiger partial charge in [0.05, 0.1) is 18.7 Å². The number of carbonyl (C=O) groups excluding carboxylic acids is 2. The number of nitrogens with zero attached hydrogens (tertiary/aromatic N) is 1. The highest BCUT2D eigenvalue weighted by Crippen LogP contribution is 2.33. The fourth-order valence-electron chi connectivity index (χ4n) is 3.01. The van der Waals surface area contributed by atoms with Gasteiger partial charge in [-0.1, -0.05) is 12.1 Å². The van der Waals surface area contributed by atoms with E-state index in [0.717, 1.165) is 0 Å². The van der Waals surface area contributed by atoms with E-state index in [4.69, 9.17) is 14.2 Å². The molecule has 134 valence electrons. The van der Waals surface area contributed by atoms with E-state index in [1.165, 1.54) is 0 Å². The van der Waals surface area contributed by atoms with Crippen molar-refractivity contribution in [1.29, 1.82) is 0 Å². The van der Waals surface area contributed by atoms with Crippen LogP contribution in [0.5, 0.6) is 17.2 Å². The van der Waals surface area contributed by atoms with Crippen molar-refractivity contribution in [2.24, 2.45) is 5.92 Å². The molecule has 0 saturated carbocycles. The molecule has 2 heterocycles. The van der Waals surface area contributed by atoms with Gasteiger partial charge in [0.2, 0.25) is 12.7 Å². The summed E-state index contributed by atoms with van der Waals surface area (Å²) in [5.74, 6) is 1.33. The molecule has 2 aliphatic heterocycles. The smallest absolute Gasteiger partial charge is 0.254 e. The molecule has 1 N–H and O–H groups in total. The molecule has 0 unspecified atom stereocenters. The van der Waals surface area contributed by atoms with E-state index in [0.29, 0.717) is 41.6 Å². The van der Waals surface area contributed by atoms with Gasteiger partial charge >= 0.3 is 0 Å². The summed E-state index contributed by atoms with van der Waals surface area (Å²) in [6.07, 6.45) is 0. The SMILES string of the molecule is COc1ccccc1NC(=O)C1CN(C(=O)c2ccc3c(c2)OCO3)C1. The van der Waals surface area contributed by atoms with Gasteiger partial charge in [0, 0.05) is 18.7 Å². The lowest BCUT2D eigenvalue weighted by Gasteiger charge is -2.38.